The SMILES string of the molecule is Cc1cc(F)ccc1CC(CNC(=O)OCC1c2ccccc2-c2ccccc21)C(=O)O. The Hall–Kier alpha value is -3.67. The molecule has 1 aliphatic rings. The highest BCUT2D eigenvalue weighted by Crippen LogP contribution is 2.44. The van der Waals surface area contributed by atoms with Crippen molar-refractivity contribution in [3.63, 3.8) is 0 Å². The fourth-order valence-electron chi connectivity index (χ4n) is 4.26. The highest BCUT2D eigenvalue weighted by molar-refractivity contribution is 5.79. The van der Waals surface area contributed by atoms with Gasteiger partial charge in [-0.15, -0.1) is 0 Å². The molecular formula is C26H24FNO4. The number of halogens is 1. The molecule has 0 saturated carbocycles. The summed E-state index contributed by atoms with van der Waals surface area (Å²) >= 11 is 0. The van der Waals surface area contributed by atoms with Crippen molar-refractivity contribution in [1.29, 1.82) is 0 Å². The van der Waals surface area contributed by atoms with Crippen molar-refractivity contribution < 1.29 is 23.8 Å². The van der Waals surface area contributed by atoms with Crippen LogP contribution in [0, 0.1) is 18.7 Å². The van der Waals surface area contributed by atoms with Gasteiger partial charge in [0.05, 0.1) is 5.92 Å². The molecule has 4 rings (SSSR count). The van der Waals surface area contributed by atoms with Crippen LogP contribution in [0.3, 0.4) is 0 Å². The molecule has 164 valence electrons. The molecule has 1 unspecified atom stereocenters. The van der Waals surface area contributed by atoms with E-state index < -0.39 is 18.0 Å². The lowest BCUT2D eigenvalue weighted by Crippen LogP contribution is -2.35. The minimum absolute atomic E-state index is 0.0646. The van der Waals surface area contributed by atoms with E-state index in [1.165, 1.54) is 12.1 Å². The minimum Gasteiger partial charge on any atom is -0.481 e. The van der Waals surface area contributed by atoms with Crippen molar-refractivity contribution in [2.45, 2.75) is 19.3 Å². The van der Waals surface area contributed by atoms with Crippen molar-refractivity contribution in [2.24, 2.45) is 5.92 Å². The Morgan fingerprint density at radius 1 is 1.03 bits per heavy atom. The molecule has 0 saturated heterocycles. The molecule has 2 N–H and O–H groups in total. The third-order valence-electron chi connectivity index (χ3n) is 5.96. The number of nitrogens with one attached hydrogen (secondary N) is 1. The van der Waals surface area contributed by atoms with Gasteiger partial charge < -0.3 is 15.2 Å². The average Bonchev–Trinajstić information content (AvgIpc) is 3.10. The van der Waals surface area contributed by atoms with Crippen molar-refractivity contribution in [2.75, 3.05) is 13.2 Å². The van der Waals surface area contributed by atoms with Crippen molar-refractivity contribution >= 4 is 12.1 Å². The lowest BCUT2D eigenvalue weighted by molar-refractivity contribution is -0.141. The summed E-state index contributed by atoms with van der Waals surface area (Å²) in [6.45, 7) is 1.81. The van der Waals surface area contributed by atoms with Gasteiger partial charge in [-0.05, 0) is 58.9 Å². The zero-order chi connectivity index (χ0) is 22.7. The summed E-state index contributed by atoms with van der Waals surface area (Å²) in [4.78, 5) is 24.0. The summed E-state index contributed by atoms with van der Waals surface area (Å²) in [6.07, 6.45) is -0.473. The maximum absolute atomic E-state index is 13.3. The molecule has 3 aromatic carbocycles. The number of carbonyl (C=O) groups excluding carboxylic acids is 1. The van der Waals surface area contributed by atoms with Gasteiger partial charge in [-0.2, -0.15) is 0 Å². The maximum Gasteiger partial charge on any atom is 0.407 e. The number of hydrogen-bond donors (Lipinski definition) is 2. The zero-order valence-electron chi connectivity index (χ0n) is 17.7. The van der Waals surface area contributed by atoms with Crippen molar-refractivity contribution in [3.8, 4) is 11.1 Å². The summed E-state index contributed by atoms with van der Waals surface area (Å²) < 4.78 is 18.8. The molecule has 0 bridgehead atoms. The van der Waals surface area contributed by atoms with Crippen LogP contribution >= 0.6 is 0 Å². The van der Waals surface area contributed by atoms with Crippen LogP contribution in [0.5, 0.6) is 0 Å². The molecule has 32 heavy (non-hydrogen) atoms. The third-order valence-corrected chi connectivity index (χ3v) is 5.96. The number of aryl methyl sites for hydroxylation is 1. The molecule has 0 fully saturated rings. The van der Waals surface area contributed by atoms with Crippen LogP contribution in [0.1, 0.15) is 28.2 Å². The van der Waals surface area contributed by atoms with E-state index in [0.717, 1.165) is 27.8 Å². The monoisotopic (exact) mass is 433 g/mol. The number of hydrogen-bond acceptors (Lipinski definition) is 3. The molecule has 0 aromatic heterocycles. The number of carbonyl (C=O) groups is 2. The maximum atomic E-state index is 13.3. The van der Waals surface area contributed by atoms with Crippen LogP contribution in [0.15, 0.2) is 66.7 Å². The molecule has 5 nitrogen and oxygen atoms in total. The van der Waals surface area contributed by atoms with Crippen molar-refractivity contribution in [1.82, 2.24) is 5.32 Å². The Labute approximate surface area is 185 Å². The lowest BCUT2D eigenvalue weighted by Gasteiger charge is -2.17. The van der Waals surface area contributed by atoms with Gasteiger partial charge in [-0.3, -0.25) is 4.79 Å². The fourth-order valence-corrected chi connectivity index (χ4v) is 4.26. The van der Waals surface area contributed by atoms with E-state index >= 15 is 0 Å². The Balaban J connectivity index is 1.37. The zero-order valence-corrected chi connectivity index (χ0v) is 17.7. The first kappa shape index (κ1) is 21.6. The second-order valence-corrected chi connectivity index (χ2v) is 8.02. The van der Waals surface area contributed by atoms with Gasteiger partial charge in [0.15, 0.2) is 0 Å². The average molecular weight is 433 g/mol. The Morgan fingerprint density at radius 2 is 1.66 bits per heavy atom. The molecule has 6 heteroatoms. The van der Waals surface area contributed by atoms with E-state index in [1.54, 1.807) is 13.0 Å². The van der Waals surface area contributed by atoms with Crippen LogP contribution in [0.25, 0.3) is 11.1 Å². The minimum atomic E-state index is -1.03. The highest BCUT2D eigenvalue weighted by Gasteiger charge is 2.29. The summed E-state index contributed by atoms with van der Waals surface area (Å²) in [7, 11) is 0. The van der Waals surface area contributed by atoms with Crippen molar-refractivity contribution in [3.05, 3.63) is 94.8 Å². The number of alkyl carbamates (subject to hydrolysis) is 1. The standard InChI is InChI=1S/C26H24FNO4/c1-16-12-19(27)11-10-17(16)13-18(25(29)30)14-28-26(31)32-15-24-22-8-4-2-6-20(22)21-7-3-5-9-23(21)24/h2-12,18,24H,13-15H2,1H3,(H,28,31)(H,29,30). The normalized spacial score (nSPS) is 13.2. The first-order valence-corrected chi connectivity index (χ1v) is 10.5. The van der Waals surface area contributed by atoms with Gasteiger partial charge in [0, 0.05) is 12.5 Å². The number of amides is 1. The quantitative estimate of drug-likeness (QED) is 0.555. The van der Waals surface area contributed by atoms with Crippen LogP contribution in [0.2, 0.25) is 0 Å². The number of fused-ring (bicyclic) bond motifs is 3. The second-order valence-electron chi connectivity index (χ2n) is 8.02. The molecule has 1 aliphatic carbocycles. The van der Waals surface area contributed by atoms with Crippen LogP contribution in [-0.4, -0.2) is 30.3 Å². The van der Waals surface area contributed by atoms with Gasteiger partial charge in [0.25, 0.3) is 0 Å². The molecule has 1 atom stereocenters. The third kappa shape index (κ3) is 4.49. The Kier molecular flexibility index (Phi) is 6.21. The van der Waals surface area contributed by atoms with Gasteiger partial charge >= 0.3 is 12.1 Å². The number of benzene rings is 3. The summed E-state index contributed by atoms with van der Waals surface area (Å²) in [5.41, 5.74) is 5.90. The molecule has 0 radical (unpaired) electrons. The largest absolute Gasteiger partial charge is 0.481 e. The smallest absolute Gasteiger partial charge is 0.407 e. The molecule has 0 heterocycles. The second kappa shape index (κ2) is 9.22. The predicted octanol–water partition coefficient (Wildman–Crippen LogP) is 4.92. The number of ether oxygens (including phenoxy) is 1. The summed E-state index contributed by atoms with van der Waals surface area (Å²) in [5.74, 6) is -2.31. The van der Waals surface area contributed by atoms with E-state index in [9.17, 15) is 19.1 Å². The topological polar surface area (TPSA) is 75.6 Å². The van der Waals surface area contributed by atoms with E-state index in [-0.39, 0.29) is 31.3 Å². The Bertz CT molecular complexity index is 1110. The Morgan fingerprint density at radius 3 is 2.25 bits per heavy atom. The molecule has 3 aromatic rings. The molecular weight excluding hydrogens is 409 g/mol. The van der Waals surface area contributed by atoms with Gasteiger partial charge in [-0.25, -0.2) is 9.18 Å². The number of carboxylic acid groups (broad SMARTS) is 1. The van der Waals surface area contributed by atoms with E-state index in [0.29, 0.717) is 5.56 Å². The highest BCUT2D eigenvalue weighted by atomic mass is 19.1. The van der Waals surface area contributed by atoms with Gasteiger partial charge in [0.1, 0.15) is 12.4 Å². The van der Waals surface area contributed by atoms with Crippen LogP contribution in [0.4, 0.5) is 9.18 Å². The lowest BCUT2D eigenvalue weighted by atomic mass is 9.96. The van der Waals surface area contributed by atoms with E-state index in [2.05, 4.69) is 17.4 Å². The van der Waals surface area contributed by atoms with E-state index in [4.69, 9.17) is 4.74 Å². The predicted molar refractivity (Wildman–Crippen MR) is 119 cm³/mol. The molecule has 0 aliphatic heterocycles. The fraction of sp³-hybridized carbons (Fsp3) is 0.231. The van der Waals surface area contributed by atoms with Crippen LogP contribution < -0.4 is 5.32 Å². The first-order valence-electron chi connectivity index (χ1n) is 10.5. The van der Waals surface area contributed by atoms with Gasteiger partial charge in [0.2, 0.25) is 0 Å². The van der Waals surface area contributed by atoms with Gasteiger partial charge in [-0.1, -0.05) is 54.6 Å². The number of aliphatic carboxylic acids is 1. The molecule has 0 spiro atoms. The number of carboxylic acids is 1. The van der Waals surface area contributed by atoms with Crippen LogP contribution in [-0.2, 0) is 16.0 Å². The summed E-state index contributed by atoms with van der Waals surface area (Å²) in [5, 5.41) is 12.1. The first-order chi connectivity index (χ1) is 15.4. The molecule has 1 amide bonds. The summed E-state index contributed by atoms with van der Waals surface area (Å²) in [6, 6.07) is 20.3. The van der Waals surface area contributed by atoms with E-state index in [1.807, 2.05) is 36.4 Å². The number of rotatable bonds is 7.